The van der Waals surface area contributed by atoms with Crippen LogP contribution in [0.25, 0.3) is 0 Å². The van der Waals surface area contributed by atoms with E-state index in [-0.39, 0.29) is 12.4 Å². The van der Waals surface area contributed by atoms with Crippen LogP contribution < -0.4 is 5.73 Å². The maximum Gasteiger partial charge on any atom is 0.0105 e. The van der Waals surface area contributed by atoms with E-state index in [2.05, 4.69) is 11.8 Å². The van der Waals surface area contributed by atoms with Gasteiger partial charge in [0, 0.05) is 19.6 Å². The Morgan fingerprint density at radius 2 is 1.93 bits per heavy atom. The van der Waals surface area contributed by atoms with Gasteiger partial charge in [0.25, 0.3) is 0 Å². The van der Waals surface area contributed by atoms with Crippen LogP contribution in [0.5, 0.6) is 0 Å². The van der Waals surface area contributed by atoms with Gasteiger partial charge in [-0.1, -0.05) is 19.8 Å². The molecular weight excluding hydrogens is 208 g/mol. The molecule has 1 saturated heterocycles. The zero-order valence-corrected chi connectivity index (χ0v) is 10.7. The van der Waals surface area contributed by atoms with Crippen molar-refractivity contribution in [3.8, 4) is 0 Å². The van der Waals surface area contributed by atoms with Gasteiger partial charge in [-0.05, 0) is 37.1 Å². The molecule has 1 aliphatic carbocycles. The molecule has 2 aliphatic rings. The molecule has 2 rings (SSSR count). The van der Waals surface area contributed by atoms with Crippen molar-refractivity contribution < 1.29 is 0 Å². The molecule has 0 aromatic rings. The van der Waals surface area contributed by atoms with Crippen LogP contribution in [0.2, 0.25) is 0 Å². The first-order valence-corrected chi connectivity index (χ1v) is 6.16. The third-order valence-corrected chi connectivity index (χ3v) is 4.30. The number of hydrogen-bond donors (Lipinski definition) is 1. The lowest BCUT2D eigenvalue weighted by Gasteiger charge is -2.36. The molecule has 0 amide bonds. The summed E-state index contributed by atoms with van der Waals surface area (Å²) in [5, 5.41) is 0. The van der Waals surface area contributed by atoms with Gasteiger partial charge in [-0.2, -0.15) is 0 Å². The largest absolute Gasteiger partial charge is 0.329 e. The Morgan fingerprint density at radius 3 is 2.53 bits per heavy atom. The van der Waals surface area contributed by atoms with Crippen LogP contribution in [-0.4, -0.2) is 31.1 Å². The molecular formula is C12H25ClN2. The van der Waals surface area contributed by atoms with Gasteiger partial charge in [0.2, 0.25) is 0 Å². The normalized spacial score (nSPS) is 36.8. The maximum atomic E-state index is 5.61. The first kappa shape index (κ1) is 13.3. The molecule has 0 unspecified atom stereocenters. The summed E-state index contributed by atoms with van der Waals surface area (Å²) < 4.78 is 0. The highest BCUT2D eigenvalue weighted by Crippen LogP contribution is 2.45. The minimum absolute atomic E-state index is 0. The standard InChI is InChI=1S/C12H24N2.ClH/c1-11-2-4-12(5-3-11)6-8-14(10-12)9-7-13;/h11H,2-10,13H2,1H3;1H. The van der Waals surface area contributed by atoms with Crippen molar-refractivity contribution in [1.29, 1.82) is 0 Å². The second kappa shape index (κ2) is 5.51. The third-order valence-electron chi connectivity index (χ3n) is 4.30. The minimum atomic E-state index is 0. The molecule has 3 heteroatoms. The highest BCUT2D eigenvalue weighted by atomic mass is 35.5. The summed E-state index contributed by atoms with van der Waals surface area (Å²) in [5.41, 5.74) is 6.30. The fourth-order valence-corrected chi connectivity index (χ4v) is 3.18. The zero-order valence-electron chi connectivity index (χ0n) is 9.87. The van der Waals surface area contributed by atoms with Gasteiger partial charge in [0.1, 0.15) is 0 Å². The van der Waals surface area contributed by atoms with Crippen LogP contribution in [0.15, 0.2) is 0 Å². The van der Waals surface area contributed by atoms with E-state index < -0.39 is 0 Å². The van der Waals surface area contributed by atoms with Crippen LogP contribution >= 0.6 is 12.4 Å². The summed E-state index contributed by atoms with van der Waals surface area (Å²) in [6, 6.07) is 0. The van der Waals surface area contributed by atoms with Gasteiger partial charge >= 0.3 is 0 Å². The molecule has 0 aromatic carbocycles. The quantitative estimate of drug-likeness (QED) is 0.792. The highest BCUT2D eigenvalue weighted by molar-refractivity contribution is 5.85. The fraction of sp³-hybridized carbons (Fsp3) is 1.00. The maximum absolute atomic E-state index is 5.61. The van der Waals surface area contributed by atoms with Gasteiger partial charge in [-0.15, -0.1) is 12.4 Å². The molecule has 1 spiro atoms. The van der Waals surface area contributed by atoms with Crippen molar-refractivity contribution in [3.63, 3.8) is 0 Å². The summed E-state index contributed by atoms with van der Waals surface area (Å²) in [7, 11) is 0. The van der Waals surface area contributed by atoms with Crippen molar-refractivity contribution in [2.24, 2.45) is 17.1 Å². The predicted molar refractivity (Wildman–Crippen MR) is 67.4 cm³/mol. The van der Waals surface area contributed by atoms with Crippen molar-refractivity contribution in [3.05, 3.63) is 0 Å². The molecule has 0 radical (unpaired) electrons. The van der Waals surface area contributed by atoms with E-state index in [9.17, 15) is 0 Å². The Labute approximate surface area is 100.0 Å². The Kier molecular flexibility index (Phi) is 4.88. The van der Waals surface area contributed by atoms with Gasteiger partial charge < -0.3 is 10.6 Å². The monoisotopic (exact) mass is 232 g/mol. The van der Waals surface area contributed by atoms with Gasteiger partial charge in [0.15, 0.2) is 0 Å². The van der Waals surface area contributed by atoms with E-state index in [1.54, 1.807) is 0 Å². The molecule has 15 heavy (non-hydrogen) atoms. The molecule has 2 N–H and O–H groups in total. The molecule has 0 aromatic heterocycles. The van der Waals surface area contributed by atoms with E-state index in [4.69, 9.17) is 5.73 Å². The van der Waals surface area contributed by atoms with Gasteiger partial charge in [0.05, 0.1) is 0 Å². The summed E-state index contributed by atoms with van der Waals surface area (Å²) in [5.74, 6) is 0.976. The topological polar surface area (TPSA) is 29.3 Å². The lowest BCUT2D eigenvalue weighted by atomic mass is 9.70. The Balaban J connectivity index is 0.00000112. The number of hydrogen-bond acceptors (Lipinski definition) is 2. The number of halogens is 1. The van der Waals surface area contributed by atoms with Gasteiger partial charge in [-0.3, -0.25) is 0 Å². The summed E-state index contributed by atoms with van der Waals surface area (Å²) in [4.78, 5) is 2.57. The molecule has 1 heterocycles. The number of nitrogens with two attached hydrogens (primary N) is 1. The second-order valence-electron chi connectivity index (χ2n) is 5.50. The van der Waals surface area contributed by atoms with Crippen LogP contribution in [0.1, 0.15) is 39.0 Å². The average Bonchev–Trinajstić information content (AvgIpc) is 2.56. The van der Waals surface area contributed by atoms with Crippen molar-refractivity contribution in [2.45, 2.75) is 39.0 Å². The molecule has 90 valence electrons. The Bertz CT molecular complexity index is 188. The molecule has 2 fully saturated rings. The SMILES string of the molecule is CC1CCC2(CC1)CCN(CCN)C2.Cl. The summed E-state index contributed by atoms with van der Waals surface area (Å²) in [6.45, 7) is 6.96. The summed E-state index contributed by atoms with van der Waals surface area (Å²) >= 11 is 0. The second-order valence-corrected chi connectivity index (χ2v) is 5.50. The number of rotatable bonds is 2. The number of nitrogens with zero attached hydrogens (tertiary/aromatic N) is 1. The van der Waals surface area contributed by atoms with E-state index in [1.165, 1.54) is 45.2 Å². The van der Waals surface area contributed by atoms with Crippen LogP contribution in [-0.2, 0) is 0 Å². The predicted octanol–water partition coefficient (Wildman–Crippen LogP) is 2.27. The van der Waals surface area contributed by atoms with Crippen LogP contribution in [0.3, 0.4) is 0 Å². The van der Waals surface area contributed by atoms with Crippen LogP contribution in [0, 0.1) is 11.3 Å². The van der Waals surface area contributed by atoms with Crippen molar-refractivity contribution in [2.75, 3.05) is 26.2 Å². The molecule has 0 atom stereocenters. The smallest absolute Gasteiger partial charge is 0.0105 e. The lowest BCUT2D eigenvalue weighted by Crippen LogP contribution is -2.33. The molecule has 1 saturated carbocycles. The summed E-state index contributed by atoms with van der Waals surface area (Å²) in [6.07, 6.45) is 7.27. The first-order valence-electron chi connectivity index (χ1n) is 6.16. The average molecular weight is 233 g/mol. The van der Waals surface area contributed by atoms with Gasteiger partial charge in [-0.25, -0.2) is 0 Å². The van der Waals surface area contributed by atoms with Crippen LogP contribution in [0.4, 0.5) is 0 Å². The van der Waals surface area contributed by atoms with E-state index in [1.807, 2.05) is 0 Å². The third kappa shape index (κ3) is 3.08. The lowest BCUT2D eigenvalue weighted by molar-refractivity contribution is 0.158. The minimum Gasteiger partial charge on any atom is -0.329 e. The van der Waals surface area contributed by atoms with E-state index in [0.29, 0.717) is 5.41 Å². The molecule has 2 nitrogen and oxygen atoms in total. The fourth-order valence-electron chi connectivity index (χ4n) is 3.18. The van der Waals surface area contributed by atoms with Crippen molar-refractivity contribution in [1.82, 2.24) is 4.90 Å². The van der Waals surface area contributed by atoms with E-state index >= 15 is 0 Å². The number of likely N-dealkylation sites (tertiary alicyclic amines) is 1. The first-order chi connectivity index (χ1) is 6.74. The molecule has 1 aliphatic heterocycles. The van der Waals surface area contributed by atoms with E-state index in [0.717, 1.165) is 19.0 Å². The Hall–Kier alpha value is 0.210. The zero-order chi connectivity index (χ0) is 10.0. The Morgan fingerprint density at radius 1 is 1.27 bits per heavy atom. The van der Waals surface area contributed by atoms with Crippen molar-refractivity contribution >= 4 is 12.4 Å². The molecule has 0 bridgehead atoms. The highest BCUT2D eigenvalue weighted by Gasteiger charge is 2.39.